The van der Waals surface area contributed by atoms with Gasteiger partial charge in [-0.15, -0.1) is 0 Å². The van der Waals surface area contributed by atoms with E-state index in [1.807, 2.05) is 26.0 Å². The summed E-state index contributed by atoms with van der Waals surface area (Å²) >= 11 is 0. The highest BCUT2D eigenvalue weighted by Crippen LogP contribution is 2.18. The molecule has 1 N–H and O–H groups in total. The number of carbonyl (C=O) groups excluding carboxylic acids is 1. The number of hydrogen-bond donors (Lipinski definition) is 1. The summed E-state index contributed by atoms with van der Waals surface area (Å²) in [5.74, 6) is 0.636. The number of aryl methyl sites for hydroxylation is 2. The van der Waals surface area contributed by atoms with Crippen LogP contribution in [0.5, 0.6) is 5.75 Å². The lowest BCUT2D eigenvalue weighted by Gasteiger charge is -2.16. The fourth-order valence-electron chi connectivity index (χ4n) is 3.55. The lowest BCUT2D eigenvalue weighted by molar-refractivity contribution is -0.127. The van der Waals surface area contributed by atoms with Crippen LogP contribution in [0.2, 0.25) is 0 Å². The van der Waals surface area contributed by atoms with Gasteiger partial charge >= 0.3 is 0 Å². The molecule has 1 saturated heterocycles. The normalized spacial score (nSPS) is 15.5. The van der Waals surface area contributed by atoms with E-state index in [0.717, 1.165) is 29.0 Å². The largest absolute Gasteiger partial charge is 0.481 e. The molecule has 144 valence electrons. The molecule has 1 amide bonds. The molecule has 1 heterocycles. The summed E-state index contributed by atoms with van der Waals surface area (Å²) in [5.41, 5.74) is 4.70. The molecule has 0 radical (unpaired) electrons. The number of hydrogen-bond acceptors (Lipinski definition) is 3. The van der Waals surface area contributed by atoms with Crippen LogP contribution in [0.3, 0.4) is 0 Å². The maximum atomic E-state index is 12.3. The summed E-state index contributed by atoms with van der Waals surface area (Å²) in [7, 11) is 0. The van der Waals surface area contributed by atoms with Crippen LogP contribution >= 0.6 is 0 Å². The molecule has 3 rings (SSSR count). The Labute approximate surface area is 162 Å². The Morgan fingerprint density at radius 3 is 2.26 bits per heavy atom. The third kappa shape index (κ3) is 5.83. The number of rotatable bonds is 7. The zero-order valence-corrected chi connectivity index (χ0v) is 16.6. The number of nitrogens with zero attached hydrogens (tertiary/aromatic N) is 1. The van der Waals surface area contributed by atoms with Crippen LogP contribution in [0, 0.1) is 13.8 Å². The lowest BCUT2D eigenvalue weighted by Crippen LogP contribution is -2.35. The van der Waals surface area contributed by atoms with Crippen LogP contribution in [-0.4, -0.2) is 30.0 Å². The second-order valence-electron chi connectivity index (χ2n) is 7.60. The number of ether oxygens (including phenoxy) is 1. The van der Waals surface area contributed by atoms with Gasteiger partial charge in [0.25, 0.3) is 5.91 Å². The van der Waals surface area contributed by atoms with E-state index in [4.69, 9.17) is 4.74 Å². The molecule has 0 aromatic heterocycles. The predicted octanol–water partition coefficient (Wildman–Crippen LogP) is 3.98. The number of likely N-dealkylation sites (tertiary alicyclic amines) is 1. The molecule has 4 nitrogen and oxygen atoms in total. The van der Waals surface area contributed by atoms with Gasteiger partial charge in [0.05, 0.1) is 0 Å². The third-order valence-electron chi connectivity index (χ3n) is 4.97. The average molecular weight is 367 g/mol. The van der Waals surface area contributed by atoms with E-state index >= 15 is 0 Å². The monoisotopic (exact) mass is 366 g/mol. The molecule has 1 fully saturated rings. The summed E-state index contributed by atoms with van der Waals surface area (Å²) in [6, 6.07) is 14.5. The van der Waals surface area contributed by atoms with Crippen molar-refractivity contribution in [2.45, 2.75) is 52.8 Å². The van der Waals surface area contributed by atoms with Crippen molar-refractivity contribution in [3.05, 3.63) is 64.7 Å². The number of benzene rings is 2. The summed E-state index contributed by atoms with van der Waals surface area (Å²) in [4.78, 5) is 14.8. The van der Waals surface area contributed by atoms with E-state index in [1.165, 1.54) is 31.5 Å². The standard InChI is InChI=1S/C23H30N2O2/c1-17-12-18(2)14-22(13-17)27-19(3)23(26)24-15-20-6-8-21(9-7-20)16-25-10-4-5-11-25/h6-9,12-14,19H,4-5,10-11,15-16H2,1-3H3,(H,24,26)/t19-/m1/s1. The molecule has 0 aliphatic carbocycles. The summed E-state index contributed by atoms with van der Waals surface area (Å²) in [6.07, 6.45) is 2.10. The second-order valence-corrected chi connectivity index (χ2v) is 7.60. The molecule has 1 aliphatic heterocycles. The van der Waals surface area contributed by atoms with Crippen LogP contribution < -0.4 is 10.1 Å². The average Bonchev–Trinajstić information content (AvgIpc) is 3.13. The second kappa shape index (κ2) is 9.05. The fourth-order valence-corrected chi connectivity index (χ4v) is 3.55. The minimum absolute atomic E-state index is 0.102. The van der Waals surface area contributed by atoms with Crippen LogP contribution in [0.25, 0.3) is 0 Å². The Morgan fingerprint density at radius 1 is 1.04 bits per heavy atom. The van der Waals surface area contributed by atoms with Gasteiger partial charge in [0.2, 0.25) is 0 Å². The van der Waals surface area contributed by atoms with E-state index in [1.54, 1.807) is 6.92 Å². The molecule has 2 aromatic rings. The van der Waals surface area contributed by atoms with Crippen LogP contribution in [0.15, 0.2) is 42.5 Å². The first-order chi connectivity index (χ1) is 13.0. The molecule has 0 bridgehead atoms. The van der Waals surface area contributed by atoms with Gasteiger partial charge in [-0.05, 0) is 81.1 Å². The molecule has 1 atom stereocenters. The van der Waals surface area contributed by atoms with E-state index in [0.29, 0.717) is 6.54 Å². The molecular weight excluding hydrogens is 336 g/mol. The Balaban J connectivity index is 1.47. The van der Waals surface area contributed by atoms with Crippen molar-refractivity contribution in [2.24, 2.45) is 0 Å². The van der Waals surface area contributed by atoms with Crippen LogP contribution in [-0.2, 0) is 17.9 Å². The van der Waals surface area contributed by atoms with Crippen molar-refractivity contribution in [3.8, 4) is 5.75 Å². The van der Waals surface area contributed by atoms with Crippen molar-refractivity contribution in [1.82, 2.24) is 10.2 Å². The van der Waals surface area contributed by atoms with Gasteiger partial charge < -0.3 is 10.1 Å². The molecule has 1 aliphatic rings. The molecule has 2 aromatic carbocycles. The zero-order chi connectivity index (χ0) is 19.2. The van der Waals surface area contributed by atoms with Gasteiger partial charge in [0.1, 0.15) is 5.75 Å². The van der Waals surface area contributed by atoms with Crippen molar-refractivity contribution < 1.29 is 9.53 Å². The van der Waals surface area contributed by atoms with Crippen molar-refractivity contribution in [2.75, 3.05) is 13.1 Å². The van der Waals surface area contributed by atoms with Gasteiger partial charge in [-0.3, -0.25) is 9.69 Å². The van der Waals surface area contributed by atoms with Gasteiger partial charge in [-0.2, -0.15) is 0 Å². The van der Waals surface area contributed by atoms with Gasteiger partial charge in [0, 0.05) is 13.1 Å². The smallest absolute Gasteiger partial charge is 0.261 e. The van der Waals surface area contributed by atoms with E-state index in [2.05, 4.69) is 40.5 Å². The van der Waals surface area contributed by atoms with Crippen LogP contribution in [0.4, 0.5) is 0 Å². The topological polar surface area (TPSA) is 41.6 Å². The van der Waals surface area contributed by atoms with E-state index in [-0.39, 0.29) is 5.91 Å². The molecule has 27 heavy (non-hydrogen) atoms. The third-order valence-corrected chi connectivity index (χ3v) is 4.97. The molecule has 4 heteroatoms. The first-order valence-electron chi connectivity index (χ1n) is 9.82. The maximum absolute atomic E-state index is 12.3. The highest BCUT2D eigenvalue weighted by atomic mass is 16.5. The Bertz CT molecular complexity index is 744. The lowest BCUT2D eigenvalue weighted by atomic mass is 10.1. The molecule has 0 saturated carbocycles. The molecular formula is C23H30N2O2. The maximum Gasteiger partial charge on any atom is 0.261 e. The van der Waals surface area contributed by atoms with Gasteiger partial charge in [0.15, 0.2) is 6.10 Å². The first-order valence-corrected chi connectivity index (χ1v) is 9.82. The summed E-state index contributed by atoms with van der Waals surface area (Å²) in [6.45, 7) is 9.78. The van der Waals surface area contributed by atoms with Crippen molar-refractivity contribution in [3.63, 3.8) is 0 Å². The quantitative estimate of drug-likeness (QED) is 0.806. The number of nitrogens with one attached hydrogen (secondary N) is 1. The van der Waals surface area contributed by atoms with Crippen molar-refractivity contribution in [1.29, 1.82) is 0 Å². The Morgan fingerprint density at radius 2 is 1.63 bits per heavy atom. The summed E-state index contributed by atoms with van der Waals surface area (Å²) in [5, 5.41) is 2.97. The fraction of sp³-hybridized carbons (Fsp3) is 0.435. The van der Waals surface area contributed by atoms with Gasteiger partial charge in [-0.1, -0.05) is 30.3 Å². The SMILES string of the molecule is Cc1cc(C)cc(O[C@H](C)C(=O)NCc2ccc(CN3CCCC3)cc2)c1. The number of amides is 1. The Hall–Kier alpha value is -2.33. The first kappa shape index (κ1) is 19.4. The minimum Gasteiger partial charge on any atom is -0.481 e. The molecule has 0 unspecified atom stereocenters. The zero-order valence-electron chi connectivity index (χ0n) is 16.6. The predicted molar refractivity (Wildman–Crippen MR) is 109 cm³/mol. The van der Waals surface area contributed by atoms with Crippen molar-refractivity contribution >= 4 is 5.91 Å². The van der Waals surface area contributed by atoms with Crippen LogP contribution in [0.1, 0.15) is 42.0 Å². The Kier molecular flexibility index (Phi) is 6.51. The summed E-state index contributed by atoms with van der Waals surface area (Å²) < 4.78 is 5.80. The highest BCUT2D eigenvalue weighted by molar-refractivity contribution is 5.80. The van der Waals surface area contributed by atoms with Gasteiger partial charge in [-0.25, -0.2) is 0 Å². The highest BCUT2D eigenvalue weighted by Gasteiger charge is 2.15. The van der Waals surface area contributed by atoms with E-state index < -0.39 is 6.10 Å². The number of carbonyl (C=O) groups is 1. The molecule has 0 spiro atoms. The minimum atomic E-state index is -0.527. The van der Waals surface area contributed by atoms with E-state index in [9.17, 15) is 4.79 Å².